The van der Waals surface area contributed by atoms with Crippen molar-refractivity contribution in [3.05, 3.63) is 41.6 Å². The van der Waals surface area contributed by atoms with E-state index >= 15 is 0 Å². The standard InChI is InChI=1S/C12H12ClNO/c13-11-6-1-2-7-12(11)15-9-10-5-3-4-8-14-10/h1-2,4,6-8H,3,5,9H2. The van der Waals surface area contributed by atoms with Crippen LogP contribution in [0.4, 0.5) is 0 Å². The van der Waals surface area contributed by atoms with Crippen molar-refractivity contribution >= 4 is 17.3 Å². The fourth-order valence-corrected chi connectivity index (χ4v) is 1.57. The van der Waals surface area contributed by atoms with Crippen molar-refractivity contribution in [3.63, 3.8) is 0 Å². The monoisotopic (exact) mass is 221 g/mol. The van der Waals surface area contributed by atoms with Gasteiger partial charge in [-0.3, -0.25) is 4.99 Å². The van der Waals surface area contributed by atoms with E-state index in [0.717, 1.165) is 24.3 Å². The first-order valence-corrected chi connectivity index (χ1v) is 5.32. The number of allylic oxidation sites excluding steroid dienone is 1. The Bertz CT molecular complexity index is 398. The van der Waals surface area contributed by atoms with E-state index < -0.39 is 0 Å². The Balaban J connectivity index is 1.96. The van der Waals surface area contributed by atoms with Crippen LogP contribution in [0, 0.1) is 0 Å². The molecule has 0 bridgehead atoms. The van der Waals surface area contributed by atoms with E-state index in [1.54, 1.807) is 0 Å². The first-order chi connectivity index (χ1) is 7.36. The highest BCUT2D eigenvalue weighted by Crippen LogP contribution is 2.23. The quantitative estimate of drug-likeness (QED) is 0.766. The molecule has 1 aromatic carbocycles. The Morgan fingerprint density at radius 2 is 2.20 bits per heavy atom. The molecule has 78 valence electrons. The van der Waals surface area contributed by atoms with E-state index in [0.29, 0.717) is 11.6 Å². The average Bonchev–Trinajstić information content (AvgIpc) is 2.29. The van der Waals surface area contributed by atoms with Crippen molar-refractivity contribution in [1.29, 1.82) is 0 Å². The minimum Gasteiger partial charge on any atom is -0.486 e. The number of hydrogen-bond acceptors (Lipinski definition) is 2. The lowest BCUT2D eigenvalue weighted by Crippen LogP contribution is -2.12. The van der Waals surface area contributed by atoms with Crippen LogP contribution in [0.1, 0.15) is 12.8 Å². The lowest BCUT2D eigenvalue weighted by atomic mass is 10.2. The summed E-state index contributed by atoms with van der Waals surface area (Å²) in [5.41, 5.74) is 1.07. The van der Waals surface area contributed by atoms with Gasteiger partial charge in [0.05, 0.1) is 10.7 Å². The maximum absolute atomic E-state index is 5.96. The number of benzene rings is 1. The van der Waals surface area contributed by atoms with E-state index in [2.05, 4.69) is 11.1 Å². The highest BCUT2D eigenvalue weighted by molar-refractivity contribution is 6.32. The summed E-state index contributed by atoms with van der Waals surface area (Å²) in [6, 6.07) is 7.47. The van der Waals surface area contributed by atoms with Gasteiger partial charge in [-0.15, -0.1) is 0 Å². The third kappa shape index (κ3) is 2.83. The predicted octanol–water partition coefficient (Wildman–Crippen LogP) is 3.47. The Kier molecular flexibility index (Phi) is 3.41. The van der Waals surface area contributed by atoms with E-state index in [9.17, 15) is 0 Å². The van der Waals surface area contributed by atoms with E-state index in [1.165, 1.54) is 0 Å². The van der Waals surface area contributed by atoms with Crippen LogP contribution in [0.3, 0.4) is 0 Å². The SMILES string of the molecule is Clc1ccccc1OCC1=NC=CCC1. The molecule has 3 heteroatoms. The predicted molar refractivity (Wildman–Crippen MR) is 62.8 cm³/mol. The molecule has 0 saturated heterocycles. The van der Waals surface area contributed by atoms with Gasteiger partial charge >= 0.3 is 0 Å². The molecule has 1 aliphatic heterocycles. The fraction of sp³-hybridized carbons (Fsp3) is 0.250. The van der Waals surface area contributed by atoms with Crippen LogP contribution in [-0.2, 0) is 0 Å². The molecule has 0 N–H and O–H groups in total. The van der Waals surface area contributed by atoms with Crippen molar-refractivity contribution in [2.45, 2.75) is 12.8 Å². The number of ether oxygens (including phenoxy) is 1. The van der Waals surface area contributed by atoms with Crippen LogP contribution < -0.4 is 4.74 Å². The van der Waals surface area contributed by atoms with Crippen molar-refractivity contribution < 1.29 is 4.74 Å². The lowest BCUT2D eigenvalue weighted by molar-refractivity contribution is 0.374. The van der Waals surface area contributed by atoms with E-state index in [1.807, 2.05) is 30.5 Å². The topological polar surface area (TPSA) is 21.6 Å². The Labute approximate surface area is 94.2 Å². The molecule has 0 amide bonds. The molecule has 0 radical (unpaired) electrons. The van der Waals surface area contributed by atoms with Gasteiger partial charge in [0.1, 0.15) is 12.4 Å². The minimum absolute atomic E-state index is 0.522. The van der Waals surface area contributed by atoms with Gasteiger partial charge in [0, 0.05) is 6.20 Å². The van der Waals surface area contributed by atoms with E-state index in [-0.39, 0.29) is 0 Å². The third-order valence-electron chi connectivity index (χ3n) is 2.19. The maximum atomic E-state index is 5.96. The van der Waals surface area contributed by atoms with Crippen molar-refractivity contribution in [1.82, 2.24) is 0 Å². The zero-order chi connectivity index (χ0) is 10.5. The summed E-state index contributed by atoms with van der Waals surface area (Å²) < 4.78 is 5.58. The molecule has 0 fully saturated rings. The van der Waals surface area contributed by atoms with Crippen LogP contribution in [0.25, 0.3) is 0 Å². The van der Waals surface area contributed by atoms with Crippen LogP contribution in [0.2, 0.25) is 5.02 Å². The smallest absolute Gasteiger partial charge is 0.138 e. The second-order valence-corrected chi connectivity index (χ2v) is 3.75. The van der Waals surface area contributed by atoms with Gasteiger partial charge in [-0.25, -0.2) is 0 Å². The zero-order valence-corrected chi connectivity index (χ0v) is 9.07. The molecule has 2 rings (SSSR count). The molecule has 0 atom stereocenters. The fourth-order valence-electron chi connectivity index (χ4n) is 1.38. The molecule has 0 unspecified atom stereocenters. The normalized spacial score (nSPS) is 14.9. The van der Waals surface area contributed by atoms with Crippen LogP contribution in [0.5, 0.6) is 5.75 Å². The molecular weight excluding hydrogens is 210 g/mol. The molecule has 0 spiro atoms. The molecule has 0 aromatic heterocycles. The zero-order valence-electron chi connectivity index (χ0n) is 8.32. The van der Waals surface area contributed by atoms with Crippen molar-refractivity contribution in [2.75, 3.05) is 6.61 Å². The van der Waals surface area contributed by atoms with Crippen molar-refractivity contribution in [2.24, 2.45) is 4.99 Å². The van der Waals surface area contributed by atoms with Gasteiger partial charge in [0.25, 0.3) is 0 Å². The number of nitrogens with zero attached hydrogens (tertiary/aromatic N) is 1. The molecule has 1 aliphatic rings. The summed E-state index contributed by atoms with van der Waals surface area (Å²) in [4.78, 5) is 4.24. The Morgan fingerprint density at radius 3 is 2.93 bits per heavy atom. The maximum Gasteiger partial charge on any atom is 0.138 e. The van der Waals surface area contributed by atoms with Crippen LogP contribution >= 0.6 is 11.6 Å². The van der Waals surface area contributed by atoms with E-state index in [4.69, 9.17) is 16.3 Å². The van der Waals surface area contributed by atoms with Gasteiger partial charge in [-0.2, -0.15) is 0 Å². The summed E-state index contributed by atoms with van der Waals surface area (Å²) in [5, 5.41) is 0.643. The second-order valence-electron chi connectivity index (χ2n) is 3.34. The Hall–Kier alpha value is -1.28. The number of hydrogen-bond donors (Lipinski definition) is 0. The molecule has 0 saturated carbocycles. The minimum atomic E-state index is 0.522. The van der Waals surface area contributed by atoms with Gasteiger partial charge in [0.15, 0.2) is 0 Å². The number of aliphatic imine (C=N–C) groups is 1. The Morgan fingerprint density at radius 1 is 1.33 bits per heavy atom. The summed E-state index contributed by atoms with van der Waals surface area (Å²) in [6.07, 6.45) is 5.90. The molecule has 0 aliphatic carbocycles. The molecule has 1 aromatic rings. The summed E-state index contributed by atoms with van der Waals surface area (Å²) in [5.74, 6) is 0.719. The highest BCUT2D eigenvalue weighted by Gasteiger charge is 2.04. The molecule has 1 heterocycles. The number of rotatable bonds is 3. The summed E-state index contributed by atoms with van der Waals surface area (Å²) in [7, 11) is 0. The van der Waals surface area contributed by atoms with Gasteiger partial charge < -0.3 is 4.74 Å². The number of para-hydroxylation sites is 1. The first kappa shape index (κ1) is 10.2. The van der Waals surface area contributed by atoms with Gasteiger partial charge in [-0.1, -0.05) is 29.8 Å². The highest BCUT2D eigenvalue weighted by atomic mass is 35.5. The van der Waals surface area contributed by atoms with Crippen molar-refractivity contribution in [3.8, 4) is 5.75 Å². The first-order valence-electron chi connectivity index (χ1n) is 4.94. The second kappa shape index (κ2) is 4.99. The number of halogens is 1. The molecule has 2 nitrogen and oxygen atoms in total. The van der Waals surface area contributed by atoms with Crippen LogP contribution in [0.15, 0.2) is 41.5 Å². The van der Waals surface area contributed by atoms with Gasteiger partial charge in [0.2, 0.25) is 0 Å². The molecular formula is C12H12ClNO. The average molecular weight is 222 g/mol. The van der Waals surface area contributed by atoms with Gasteiger partial charge in [-0.05, 0) is 25.0 Å². The lowest BCUT2D eigenvalue weighted by Gasteiger charge is -2.10. The summed E-state index contributed by atoms with van der Waals surface area (Å²) >= 11 is 5.96. The van der Waals surface area contributed by atoms with Crippen LogP contribution in [-0.4, -0.2) is 12.3 Å². The molecule has 15 heavy (non-hydrogen) atoms. The summed E-state index contributed by atoms with van der Waals surface area (Å²) in [6.45, 7) is 0.522. The largest absolute Gasteiger partial charge is 0.486 e. The third-order valence-corrected chi connectivity index (χ3v) is 2.51.